The standard InChI is InChI=1S/C17H23ClN6O/c1-10(12-2-3-12)24-15-13(9-21-17(18)23-15)22-14(16(24)25)20-8-11-4-6-19-7-5-11/h9-12,19H,2-8H2,1H3,(H,20,22)/t10-/m0/s1. The van der Waals surface area contributed by atoms with Crippen molar-refractivity contribution in [3.8, 4) is 0 Å². The summed E-state index contributed by atoms with van der Waals surface area (Å²) < 4.78 is 1.75. The van der Waals surface area contributed by atoms with Crippen LogP contribution in [0.1, 0.15) is 38.6 Å². The molecule has 2 aromatic heterocycles. The van der Waals surface area contributed by atoms with Gasteiger partial charge < -0.3 is 10.6 Å². The maximum absolute atomic E-state index is 13.1. The van der Waals surface area contributed by atoms with Crippen molar-refractivity contribution in [1.29, 1.82) is 0 Å². The molecule has 25 heavy (non-hydrogen) atoms. The number of nitrogens with zero attached hydrogens (tertiary/aromatic N) is 4. The first-order valence-electron chi connectivity index (χ1n) is 9.03. The second-order valence-electron chi connectivity index (χ2n) is 7.14. The van der Waals surface area contributed by atoms with Crippen LogP contribution in [0.15, 0.2) is 11.0 Å². The van der Waals surface area contributed by atoms with E-state index in [2.05, 4.69) is 32.5 Å². The lowest BCUT2D eigenvalue weighted by molar-refractivity contribution is 0.389. The van der Waals surface area contributed by atoms with Gasteiger partial charge in [0.05, 0.1) is 6.20 Å². The van der Waals surface area contributed by atoms with E-state index in [1.165, 1.54) is 0 Å². The number of hydrogen-bond donors (Lipinski definition) is 2. The molecule has 3 heterocycles. The lowest BCUT2D eigenvalue weighted by atomic mass is 9.98. The first kappa shape index (κ1) is 16.7. The number of halogens is 1. The van der Waals surface area contributed by atoms with E-state index in [1.54, 1.807) is 10.8 Å². The van der Waals surface area contributed by atoms with E-state index < -0.39 is 0 Å². The van der Waals surface area contributed by atoms with E-state index in [-0.39, 0.29) is 16.9 Å². The molecule has 0 spiro atoms. The van der Waals surface area contributed by atoms with E-state index in [0.29, 0.717) is 28.8 Å². The van der Waals surface area contributed by atoms with Gasteiger partial charge in [0.1, 0.15) is 5.52 Å². The first-order chi connectivity index (χ1) is 12.1. The monoisotopic (exact) mass is 362 g/mol. The molecule has 1 atom stereocenters. The van der Waals surface area contributed by atoms with Crippen molar-refractivity contribution in [2.75, 3.05) is 25.0 Å². The van der Waals surface area contributed by atoms with Gasteiger partial charge in [0.2, 0.25) is 5.28 Å². The van der Waals surface area contributed by atoms with Gasteiger partial charge in [-0.3, -0.25) is 9.36 Å². The van der Waals surface area contributed by atoms with Crippen molar-refractivity contribution in [1.82, 2.24) is 24.8 Å². The van der Waals surface area contributed by atoms with Crippen LogP contribution >= 0.6 is 11.6 Å². The van der Waals surface area contributed by atoms with Crippen molar-refractivity contribution in [3.05, 3.63) is 21.8 Å². The minimum atomic E-state index is -0.115. The van der Waals surface area contributed by atoms with Gasteiger partial charge in [-0.25, -0.2) is 9.97 Å². The summed E-state index contributed by atoms with van der Waals surface area (Å²) in [6.07, 6.45) is 6.12. The Morgan fingerprint density at radius 2 is 2.08 bits per heavy atom. The van der Waals surface area contributed by atoms with Crippen LogP contribution < -0.4 is 16.2 Å². The van der Waals surface area contributed by atoms with Gasteiger partial charge in [0, 0.05) is 12.6 Å². The van der Waals surface area contributed by atoms with Crippen LogP contribution in [-0.2, 0) is 0 Å². The molecule has 0 unspecified atom stereocenters. The van der Waals surface area contributed by atoms with Crippen molar-refractivity contribution >= 4 is 28.6 Å². The van der Waals surface area contributed by atoms with Crippen LogP contribution in [-0.4, -0.2) is 39.2 Å². The average Bonchev–Trinajstić information content (AvgIpc) is 3.46. The zero-order chi connectivity index (χ0) is 17.4. The minimum Gasteiger partial charge on any atom is -0.365 e. The van der Waals surface area contributed by atoms with Crippen molar-refractivity contribution < 1.29 is 0 Å². The maximum Gasteiger partial charge on any atom is 0.295 e. The lowest BCUT2D eigenvalue weighted by Gasteiger charge is -2.23. The Morgan fingerprint density at radius 3 is 2.80 bits per heavy atom. The fourth-order valence-corrected chi connectivity index (χ4v) is 3.72. The highest BCUT2D eigenvalue weighted by atomic mass is 35.5. The molecule has 134 valence electrons. The lowest BCUT2D eigenvalue weighted by Crippen LogP contribution is -2.34. The minimum absolute atomic E-state index is 0.0865. The molecule has 0 amide bonds. The molecular weight excluding hydrogens is 340 g/mol. The summed E-state index contributed by atoms with van der Waals surface area (Å²) in [7, 11) is 0. The zero-order valence-corrected chi connectivity index (χ0v) is 15.1. The molecule has 1 aliphatic carbocycles. The van der Waals surface area contributed by atoms with Gasteiger partial charge in [-0.05, 0) is 69.1 Å². The Bertz CT molecular complexity index is 828. The molecule has 0 aromatic carbocycles. The summed E-state index contributed by atoms with van der Waals surface area (Å²) in [6, 6.07) is 0.0865. The normalized spacial score (nSPS) is 19.9. The molecule has 1 saturated heterocycles. The fourth-order valence-electron chi connectivity index (χ4n) is 3.59. The number of aromatic nitrogens is 4. The highest BCUT2D eigenvalue weighted by Crippen LogP contribution is 2.39. The third-order valence-electron chi connectivity index (χ3n) is 5.33. The van der Waals surface area contributed by atoms with Crippen LogP contribution in [0.25, 0.3) is 11.2 Å². The van der Waals surface area contributed by atoms with Crippen molar-refractivity contribution in [2.45, 2.75) is 38.6 Å². The molecule has 2 N–H and O–H groups in total. The Balaban J connectivity index is 1.70. The molecule has 8 heteroatoms. The number of fused-ring (bicyclic) bond motifs is 1. The van der Waals surface area contributed by atoms with Gasteiger partial charge in [-0.15, -0.1) is 0 Å². The highest BCUT2D eigenvalue weighted by molar-refractivity contribution is 6.28. The second-order valence-corrected chi connectivity index (χ2v) is 7.47. The van der Waals surface area contributed by atoms with E-state index in [4.69, 9.17) is 11.6 Å². The topological polar surface area (TPSA) is 84.7 Å². The molecule has 0 bridgehead atoms. The SMILES string of the molecule is C[C@@H](C1CC1)n1c(=O)c(NCC2CCNCC2)nc2cnc(Cl)nc21. The third-order valence-corrected chi connectivity index (χ3v) is 5.51. The molecule has 0 radical (unpaired) electrons. The Labute approximate surface area is 151 Å². The Morgan fingerprint density at radius 1 is 1.32 bits per heavy atom. The Hall–Kier alpha value is -1.73. The summed E-state index contributed by atoms with van der Waals surface area (Å²) in [5.74, 6) is 1.48. The van der Waals surface area contributed by atoms with E-state index in [1.807, 2.05) is 0 Å². The average molecular weight is 363 g/mol. The van der Waals surface area contributed by atoms with Crippen molar-refractivity contribution in [2.24, 2.45) is 11.8 Å². The van der Waals surface area contributed by atoms with Gasteiger partial charge in [0.25, 0.3) is 5.56 Å². The van der Waals surface area contributed by atoms with Crippen LogP contribution in [0, 0.1) is 11.8 Å². The van der Waals surface area contributed by atoms with Crippen LogP contribution in [0.4, 0.5) is 5.82 Å². The Kier molecular flexibility index (Phi) is 4.60. The van der Waals surface area contributed by atoms with Crippen molar-refractivity contribution in [3.63, 3.8) is 0 Å². The molecule has 1 saturated carbocycles. The summed E-state index contributed by atoms with van der Waals surface area (Å²) in [4.78, 5) is 25.8. The van der Waals surface area contributed by atoms with E-state index in [9.17, 15) is 4.79 Å². The number of nitrogens with one attached hydrogen (secondary N) is 2. The summed E-state index contributed by atoms with van der Waals surface area (Å²) in [5, 5.41) is 6.78. The number of piperidine rings is 1. The fraction of sp³-hybridized carbons (Fsp3) is 0.647. The summed E-state index contributed by atoms with van der Waals surface area (Å²) in [6.45, 7) is 4.91. The van der Waals surface area contributed by atoms with Crippen LogP contribution in [0.5, 0.6) is 0 Å². The molecule has 7 nitrogen and oxygen atoms in total. The highest BCUT2D eigenvalue weighted by Gasteiger charge is 2.32. The molecule has 2 fully saturated rings. The zero-order valence-electron chi connectivity index (χ0n) is 14.3. The summed E-state index contributed by atoms with van der Waals surface area (Å²) >= 11 is 5.96. The number of hydrogen-bond acceptors (Lipinski definition) is 6. The molecule has 4 rings (SSSR count). The predicted molar refractivity (Wildman–Crippen MR) is 98.1 cm³/mol. The van der Waals surface area contributed by atoms with Gasteiger partial charge in [-0.2, -0.15) is 4.98 Å². The van der Waals surface area contributed by atoms with Gasteiger partial charge in [-0.1, -0.05) is 0 Å². The molecular formula is C17H23ClN6O. The van der Waals surface area contributed by atoms with Gasteiger partial charge >= 0.3 is 0 Å². The third kappa shape index (κ3) is 3.48. The smallest absolute Gasteiger partial charge is 0.295 e. The number of anilines is 1. The second kappa shape index (κ2) is 6.88. The molecule has 2 aliphatic rings. The number of rotatable bonds is 5. The first-order valence-corrected chi connectivity index (χ1v) is 9.40. The van der Waals surface area contributed by atoms with Crippen LogP contribution in [0.2, 0.25) is 5.28 Å². The van der Waals surface area contributed by atoms with E-state index in [0.717, 1.165) is 45.3 Å². The molecule has 1 aliphatic heterocycles. The van der Waals surface area contributed by atoms with Gasteiger partial charge in [0.15, 0.2) is 11.5 Å². The van der Waals surface area contributed by atoms with Crippen LogP contribution in [0.3, 0.4) is 0 Å². The largest absolute Gasteiger partial charge is 0.365 e. The summed E-state index contributed by atoms with van der Waals surface area (Å²) in [5.41, 5.74) is 1.01. The van der Waals surface area contributed by atoms with E-state index >= 15 is 0 Å². The quantitative estimate of drug-likeness (QED) is 0.793. The maximum atomic E-state index is 13.1. The molecule has 2 aromatic rings. The predicted octanol–water partition coefficient (Wildman–Crippen LogP) is 2.22.